The van der Waals surface area contributed by atoms with E-state index in [0.29, 0.717) is 0 Å². The van der Waals surface area contributed by atoms with Crippen molar-refractivity contribution in [2.75, 3.05) is 12.8 Å². The molecule has 3 nitrogen and oxygen atoms in total. The zero-order valence-electron chi connectivity index (χ0n) is 14.8. The summed E-state index contributed by atoms with van der Waals surface area (Å²) in [5.41, 5.74) is 9.90. The van der Waals surface area contributed by atoms with Gasteiger partial charge in [-0.1, -0.05) is 43.3 Å². The van der Waals surface area contributed by atoms with E-state index in [2.05, 4.69) is 42.6 Å². The maximum absolute atomic E-state index is 5.77. The fraction of sp³-hybridized carbons (Fsp3) is 0.136. The predicted octanol–water partition coefficient (Wildman–Crippen LogP) is 5.71. The van der Waals surface area contributed by atoms with Crippen molar-refractivity contribution in [3.05, 3.63) is 76.6 Å². The molecule has 1 aromatic heterocycles. The number of hydrogen-bond acceptors (Lipinski definition) is 4. The lowest BCUT2D eigenvalue weighted by atomic mass is 9.98. The summed E-state index contributed by atoms with van der Waals surface area (Å²) in [5, 5.41) is 5.63. The average Bonchev–Trinajstić information content (AvgIpc) is 3.17. The van der Waals surface area contributed by atoms with E-state index in [-0.39, 0.29) is 5.92 Å². The average molecular weight is 360 g/mol. The molecule has 0 fully saturated rings. The lowest BCUT2D eigenvalue weighted by Crippen LogP contribution is -1.96. The number of aromatic nitrogens is 1. The number of nitrogen functional groups attached to an aromatic ring is 1. The summed E-state index contributed by atoms with van der Waals surface area (Å²) in [5.74, 6) is 1.13. The van der Waals surface area contributed by atoms with Crippen LogP contribution in [0, 0.1) is 0 Å². The second-order valence-corrected chi connectivity index (χ2v) is 7.28. The maximum Gasteiger partial charge on any atom is 0.119 e. The van der Waals surface area contributed by atoms with Gasteiger partial charge in [0.1, 0.15) is 10.8 Å². The smallest absolute Gasteiger partial charge is 0.119 e. The Labute approximate surface area is 157 Å². The first-order valence-corrected chi connectivity index (χ1v) is 9.41. The zero-order valence-corrected chi connectivity index (χ0v) is 15.6. The molecule has 0 aliphatic heterocycles. The van der Waals surface area contributed by atoms with Crippen LogP contribution < -0.4 is 10.5 Å². The highest BCUT2D eigenvalue weighted by molar-refractivity contribution is 7.10. The Kier molecular flexibility index (Phi) is 4.35. The summed E-state index contributed by atoms with van der Waals surface area (Å²) in [6.45, 7) is 2.20. The third-order valence-corrected chi connectivity index (χ3v) is 5.70. The van der Waals surface area contributed by atoms with Crippen LogP contribution in [0.1, 0.15) is 23.4 Å². The fourth-order valence-corrected chi connectivity index (χ4v) is 3.97. The van der Waals surface area contributed by atoms with Gasteiger partial charge >= 0.3 is 0 Å². The molecule has 4 aromatic rings. The van der Waals surface area contributed by atoms with Gasteiger partial charge in [-0.15, -0.1) is 11.3 Å². The summed E-state index contributed by atoms with van der Waals surface area (Å²) < 4.78 is 5.31. The van der Waals surface area contributed by atoms with Crippen LogP contribution in [0.2, 0.25) is 0 Å². The Morgan fingerprint density at radius 2 is 1.69 bits per heavy atom. The maximum atomic E-state index is 5.77. The van der Waals surface area contributed by atoms with Crippen LogP contribution in [0.4, 0.5) is 5.69 Å². The van der Waals surface area contributed by atoms with Gasteiger partial charge in [-0.2, -0.15) is 0 Å². The van der Waals surface area contributed by atoms with E-state index in [4.69, 9.17) is 15.5 Å². The van der Waals surface area contributed by atoms with Crippen molar-refractivity contribution in [1.82, 2.24) is 4.98 Å². The molecule has 0 aliphatic carbocycles. The Morgan fingerprint density at radius 1 is 0.962 bits per heavy atom. The second-order valence-electron chi connectivity index (χ2n) is 6.39. The summed E-state index contributed by atoms with van der Waals surface area (Å²) in [7, 11) is 1.69. The molecule has 26 heavy (non-hydrogen) atoms. The van der Waals surface area contributed by atoms with Gasteiger partial charge in [0.15, 0.2) is 0 Å². The number of thiazole rings is 1. The van der Waals surface area contributed by atoms with Crippen LogP contribution in [-0.2, 0) is 0 Å². The molecule has 1 heterocycles. The molecule has 4 rings (SSSR count). The molecule has 0 saturated heterocycles. The number of hydrogen-bond donors (Lipinski definition) is 1. The van der Waals surface area contributed by atoms with Crippen LogP contribution in [-0.4, -0.2) is 12.1 Å². The molecule has 0 amide bonds. The Hall–Kier alpha value is -2.85. The van der Waals surface area contributed by atoms with Crippen molar-refractivity contribution in [1.29, 1.82) is 0 Å². The molecule has 0 radical (unpaired) electrons. The molecule has 1 atom stereocenters. The number of nitrogens with two attached hydrogens (primary N) is 1. The molecule has 2 N–H and O–H groups in total. The predicted molar refractivity (Wildman–Crippen MR) is 110 cm³/mol. The summed E-state index contributed by atoms with van der Waals surface area (Å²) in [4.78, 5) is 4.85. The minimum absolute atomic E-state index is 0.244. The van der Waals surface area contributed by atoms with Gasteiger partial charge in [0, 0.05) is 22.5 Å². The number of ether oxygens (including phenoxy) is 1. The van der Waals surface area contributed by atoms with E-state index in [0.717, 1.165) is 27.7 Å². The van der Waals surface area contributed by atoms with Crippen LogP contribution in [0.5, 0.6) is 5.75 Å². The summed E-state index contributed by atoms with van der Waals surface area (Å²) >= 11 is 1.70. The Balaban J connectivity index is 1.64. The van der Waals surface area contributed by atoms with Gasteiger partial charge in [0.05, 0.1) is 12.8 Å². The van der Waals surface area contributed by atoms with E-state index in [1.54, 1.807) is 18.4 Å². The van der Waals surface area contributed by atoms with Crippen molar-refractivity contribution in [3.63, 3.8) is 0 Å². The molecule has 1 unspecified atom stereocenters. The highest BCUT2D eigenvalue weighted by Crippen LogP contribution is 2.32. The molecule has 0 aliphatic rings. The second kappa shape index (κ2) is 6.81. The SMILES string of the molecule is COc1ccc2cc(C(C)c3nc(-c4ccc(N)cc4)cs3)ccc2c1. The highest BCUT2D eigenvalue weighted by atomic mass is 32.1. The Bertz CT molecular complexity index is 1050. The number of benzene rings is 3. The third kappa shape index (κ3) is 3.16. The Morgan fingerprint density at radius 3 is 2.46 bits per heavy atom. The van der Waals surface area contributed by atoms with E-state index in [1.807, 2.05) is 30.3 Å². The van der Waals surface area contributed by atoms with Crippen molar-refractivity contribution in [2.45, 2.75) is 12.8 Å². The number of nitrogens with zero attached hydrogens (tertiary/aromatic N) is 1. The summed E-state index contributed by atoms with van der Waals surface area (Å²) in [6, 6.07) is 20.6. The van der Waals surface area contributed by atoms with Crippen molar-refractivity contribution < 1.29 is 4.74 Å². The van der Waals surface area contributed by atoms with Crippen LogP contribution in [0.25, 0.3) is 22.0 Å². The first-order chi connectivity index (χ1) is 12.6. The number of fused-ring (bicyclic) bond motifs is 1. The molecule has 4 heteroatoms. The van der Waals surface area contributed by atoms with Gasteiger partial charge in [0.2, 0.25) is 0 Å². The molecule has 3 aromatic carbocycles. The van der Waals surface area contributed by atoms with Gasteiger partial charge in [0.25, 0.3) is 0 Å². The minimum Gasteiger partial charge on any atom is -0.497 e. The normalized spacial score (nSPS) is 12.2. The van der Waals surface area contributed by atoms with Crippen LogP contribution in [0.3, 0.4) is 0 Å². The minimum atomic E-state index is 0.244. The van der Waals surface area contributed by atoms with Gasteiger partial charge < -0.3 is 10.5 Å². The molecule has 0 saturated carbocycles. The largest absolute Gasteiger partial charge is 0.497 e. The number of anilines is 1. The molecular formula is C22H20N2OS. The van der Waals surface area contributed by atoms with Gasteiger partial charge in [-0.25, -0.2) is 4.98 Å². The van der Waals surface area contributed by atoms with Crippen molar-refractivity contribution >= 4 is 27.8 Å². The topological polar surface area (TPSA) is 48.1 Å². The zero-order chi connectivity index (χ0) is 18.1. The summed E-state index contributed by atoms with van der Waals surface area (Å²) in [6.07, 6.45) is 0. The lowest BCUT2D eigenvalue weighted by Gasteiger charge is -2.11. The van der Waals surface area contributed by atoms with E-state index in [9.17, 15) is 0 Å². The van der Waals surface area contributed by atoms with E-state index < -0.39 is 0 Å². The first kappa shape index (κ1) is 16.6. The van der Waals surface area contributed by atoms with Crippen molar-refractivity contribution in [3.8, 4) is 17.0 Å². The van der Waals surface area contributed by atoms with Crippen molar-refractivity contribution in [2.24, 2.45) is 0 Å². The standard InChI is InChI=1S/C22H20N2OS/c1-14(16-3-4-18-12-20(25-2)10-7-17(18)11-16)22-24-21(13-26-22)15-5-8-19(23)9-6-15/h3-14H,23H2,1-2H3. The van der Waals surface area contributed by atoms with E-state index in [1.165, 1.54) is 16.3 Å². The van der Waals surface area contributed by atoms with E-state index >= 15 is 0 Å². The lowest BCUT2D eigenvalue weighted by molar-refractivity contribution is 0.415. The van der Waals surface area contributed by atoms with Gasteiger partial charge in [-0.3, -0.25) is 0 Å². The monoisotopic (exact) mass is 360 g/mol. The number of methoxy groups -OCH3 is 1. The molecule has 0 bridgehead atoms. The van der Waals surface area contributed by atoms with Crippen LogP contribution >= 0.6 is 11.3 Å². The molecule has 0 spiro atoms. The third-order valence-electron chi connectivity index (χ3n) is 4.67. The fourth-order valence-electron chi connectivity index (χ4n) is 3.05. The molecule has 130 valence electrons. The molecular weight excluding hydrogens is 340 g/mol. The van der Waals surface area contributed by atoms with Gasteiger partial charge in [-0.05, 0) is 40.6 Å². The van der Waals surface area contributed by atoms with Crippen LogP contribution in [0.15, 0.2) is 66.0 Å². The quantitative estimate of drug-likeness (QED) is 0.474. The highest BCUT2D eigenvalue weighted by Gasteiger charge is 2.14. The first-order valence-electron chi connectivity index (χ1n) is 8.53. The number of rotatable bonds is 4.